The van der Waals surface area contributed by atoms with Crippen molar-refractivity contribution in [3.05, 3.63) is 30.2 Å². The quantitative estimate of drug-likeness (QED) is 0.527. The second-order valence-electron chi connectivity index (χ2n) is 4.37. The van der Waals surface area contributed by atoms with Crippen molar-refractivity contribution in [2.75, 3.05) is 26.3 Å². The number of hydrogen-bond donors (Lipinski definition) is 1. The van der Waals surface area contributed by atoms with Crippen LogP contribution in [0.5, 0.6) is 0 Å². The summed E-state index contributed by atoms with van der Waals surface area (Å²) in [5.74, 6) is -0.576. The molecule has 116 valence electrons. The summed E-state index contributed by atoms with van der Waals surface area (Å²) in [7, 11) is 0. The molecule has 0 fully saturated rings. The normalized spacial score (nSPS) is 10.9. The third kappa shape index (κ3) is 7.31. The minimum Gasteiger partial charge on any atom is -0.481 e. The van der Waals surface area contributed by atoms with Crippen molar-refractivity contribution in [1.82, 2.24) is 4.90 Å². The van der Waals surface area contributed by atoms with Gasteiger partial charge in [-0.25, -0.2) is 0 Å². The Morgan fingerprint density at radius 3 is 2.86 bits per heavy atom. The fourth-order valence-corrected chi connectivity index (χ4v) is 1.71. The average molecular weight is 295 g/mol. The van der Waals surface area contributed by atoms with Crippen molar-refractivity contribution in [2.24, 2.45) is 0 Å². The van der Waals surface area contributed by atoms with Crippen molar-refractivity contribution in [1.29, 1.82) is 0 Å². The molecule has 0 aromatic carbocycles. The zero-order chi connectivity index (χ0) is 15.5. The lowest BCUT2D eigenvalue weighted by Crippen LogP contribution is -2.33. The van der Waals surface area contributed by atoms with Gasteiger partial charge in [-0.3, -0.25) is 9.59 Å². The molecule has 1 aromatic rings. The molecular formula is C15H21NO5. The van der Waals surface area contributed by atoms with Crippen molar-refractivity contribution in [3.8, 4) is 0 Å². The topological polar surface area (TPSA) is 80.0 Å². The third-order valence-electron chi connectivity index (χ3n) is 2.76. The second kappa shape index (κ2) is 9.77. The molecule has 6 nitrogen and oxygen atoms in total. The summed E-state index contributed by atoms with van der Waals surface area (Å²) in [5.41, 5.74) is 0. The first-order valence-corrected chi connectivity index (χ1v) is 6.93. The van der Waals surface area contributed by atoms with E-state index in [0.29, 0.717) is 31.9 Å². The van der Waals surface area contributed by atoms with Crippen LogP contribution in [0, 0.1) is 0 Å². The van der Waals surface area contributed by atoms with Gasteiger partial charge in [0, 0.05) is 32.4 Å². The number of rotatable bonds is 10. The van der Waals surface area contributed by atoms with Crippen LogP contribution in [0.2, 0.25) is 0 Å². The number of aliphatic carboxylic acids is 1. The molecule has 0 aliphatic rings. The molecule has 0 bridgehead atoms. The lowest BCUT2D eigenvalue weighted by atomic mass is 10.3. The minimum atomic E-state index is -0.923. The lowest BCUT2D eigenvalue weighted by molar-refractivity contribution is -0.138. The summed E-state index contributed by atoms with van der Waals surface area (Å²) >= 11 is 0. The van der Waals surface area contributed by atoms with E-state index in [1.165, 1.54) is 17.2 Å². The molecule has 0 radical (unpaired) electrons. The number of carbonyl (C=O) groups is 2. The van der Waals surface area contributed by atoms with Crippen LogP contribution in [-0.4, -0.2) is 48.2 Å². The zero-order valence-electron chi connectivity index (χ0n) is 12.2. The van der Waals surface area contributed by atoms with Gasteiger partial charge in [0.05, 0.1) is 12.7 Å². The predicted octanol–water partition coefficient (Wildman–Crippen LogP) is 2.02. The Bertz CT molecular complexity index is 453. The van der Waals surface area contributed by atoms with Gasteiger partial charge in [-0.05, 0) is 31.6 Å². The molecule has 0 atom stereocenters. The number of amides is 1. The molecular weight excluding hydrogens is 274 g/mol. The highest BCUT2D eigenvalue weighted by atomic mass is 16.5. The van der Waals surface area contributed by atoms with Gasteiger partial charge in [-0.2, -0.15) is 0 Å². The number of ether oxygens (including phenoxy) is 1. The zero-order valence-corrected chi connectivity index (χ0v) is 12.2. The summed E-state index contributed by atoms with van der Waals surface area (Å²) in [6.45, 7) is 3.73. The Hall–Kier alpha value is -2.08. The molecule has 1 heterocycles. The van der Waals surface area contributed by atoms with E-state index in [9.17, 15) is 9.59 Å². The van der Waals surface area contributed by atoms with Crippen LogP contribution < -0.4 is 0 Å². The summed E-state index contributed by atoms with van der Waals surface area (Å²) in [5, 5.41) is 8.74. The maximum Gasteiger partial charge on any atom is 0.305 e. The number of nitrogens with zero attached hydrogens (tertiary/aromatic N) is 1. The van der Waals surface area contributed by atoms with Crippen molar-refractivity contribution >= 4 is 18.0 Å². The van der Waals surface area contributed by atoms with Crippen molar-refractivity contribution in [3.63, 3.8) is 0 Å². The second-order valence-corrected chi connectivity index (χ2v) is 4.37. The van der Waals surface area contributed by atoms with Gasteiger partial charge in [-0.15, -0.1) is 0 Å². The fraction of sp³-hybridized carbons (Fsp3) is 0.467. The van der Waals surface area contributed by atoms with E-state index >= 15 is 0 Å². The molecule has 1 amide bonds. The number of carbonyl (C=O) groups excluding carboxylic acids is 1. The standard InChI is InChI=1S/C15H21NO5/c1-2-20-11-4-9-16(10-8-15(18)19)14(17)7-6-13-5-3-12-21-13/h3,5-7,12H,2,4,8-11H2,1H3,(H,18,19)/b7-6+. The van der Waals surface area contributed by atoms with Crippen LogP contribution in [0.4, 0.5) is 0 Å². The smallest absolute Gasteiger partial charge is 0.305 e. The molecule has 0 saturated carbocycles. The Morgan fingerprint density at radius 1 is 1.43 bits per heavy atom. The van der Waals surface area contributed by atoms with Gasteiger partial charge in [0.25, 0.3) is 0 Å². The van der Waals surface area contributed by atoms with Crippen LogP contribution in [0.15, 0.2) is 28.9 Å². The molecule has 0 aliphatic carbocycles. The average Bonchev–Trinajstić information content (AvgIpc) is 2.97. The van der Waals surface area contributed by atoms with E-state index in [4.69, 9.17) is 14.3 Å². The van der Waals surface area contributed by atoms with Gasteiger partial charge in [0.2, 0.25) is 5.91 Å². The third-order valence-corrected chi connectivity index (χ3v) is 2.76. The highest BCUT2D eigenvalue weighted by molar-refractivity contribution is 5.91. The maximum absolute atomic E-state index is 12.1. The highest BCUT2D eigenvalue weighted by Crippen LogP contribution is 2.04. The Kier molecular flexibility index (Phi) is 7.89. The van der Waals surface area contributed by atoms with E-state index in [2.05, 4.69) is 0 Å². The minimum absolute atomic E-state index is 0.0744. The largest absolute Gasteiger partial charge is 0.481 e. The molecule has 1 N–H and O–H groups in total. The van der Waals surface area contributed by atoms with E-state index < -0.39 is 5.97 Å². The monoisotopic (exact) mass is 295 g/mol. The van der Waals surface area contributed by atoms with Gasteiger partial charge in [-0.1, -0.05) is 0 Å². The molecule has 6 heteroatoms. The van der Waals surface area contributed by atoms with E-state index in [0.717, 1.165) is 0 Å². The van der Waals surface area contributed by atoms with Gasteiger partial charge in [0.1, 0.15) is 5.76 Å². The van der Waals surface area contributed by atoms with Crippen LogP contribution in [0.1, 0.15) is 25.5 Å². The van der Waals surface area contributed by atoms with Crippen molar-refractivity contribution in [2.45, 2.75) is 19.8 Å². The number of hydrogen-bond acceptors (Lipinski definition) is 4. The summed E-state index contributed by atoms with van der Waals surface area (Å²) in [6, 6.07) is 3.47. The maximum atomic E-state index is 12.1. The Labute approximate surface area is 124 Å². The summed E-state index contributed by atoms with van der Waals surface area (Å²) in [4.78, 5) is 24.2. The fourth-order valence-electron chi connectivity index (χ4n) is 1.71. The Morgan fingerprint density at radius 2 is 2.24 bits per heavy atom. The first-order chi connectivity index (χ1) is 10.1. The first kappa shape index (κ1) is 17.0. The van der Waals surface area contributed by atoms with E-state index in [1.807, 2.05) is 6.92 Å². The number of furan rings is 1. The van der Waals surface area contributed by atoms with Crippen LogP contribution in [-0.2, 0) is 14.3 Å². The molecule has 1 rings (SSSR count). The SMILES string of the molecule is CCOCCCN(CCC(=O)O)C(=O)/C=C/c1ccco1. The van der Waals surface area contributed by atoms with Crippen LogP contribution in [0.25, 0.3) is 6.08 Å². The number of carboxylic acid groups (broad SMARTS) is 1. The van der Waals surface area contributed by atoms with E-state index in [-0.39, 0.29) is 18.9 Å². The van der Waals surface area contributed by atoms with Gasteiger partial charge < -0.3 is 19.2 Å². The highest BCUT2D eigenvalue weighted by Gasteiger charge is 2.12. The first-order valence-electron chi connectivity index (χ1n) is 6.93. The predicted molar refractivity (Wildman–Crippen MR) is 77.7 cm³/mol. The van der Waals surface area contributed by atoms with Crippen LogP contribution >= 0.6 is 0 Å². The van der Waals surface area contributed by atoms with Gasteiger partial charge >= 0.3 is 5.97 Å². The van der Waals surface area contributed by atoms with Crippen LogP contribution in [0.3, 0.4) is 0 Å². The van der Waals surface area contributed by atoms with Gasteiger partial charge in [0.15, 0.2) is 0 Å². The van der Waals surface area contributed by atoms with Crippen molar-refractivity contribution < 1.29 is 23.8 Å². The molecule has 0 spiro atoms. The van der Waals surface area contributed by atoms with E-state index in [1.54, 1.807) is 18.2 Å². The summed E-state index contributed by atoms with van der Waals surface area (Å²) < 4.78 is 10.3. The molecule has 0 unspecified atom stereocenters. The molecule has 0 saturated heterocycles. The lowest BCUT2D eigenvalue weighted by Gasteiger charge is -2.20. The molecule has 1 aromatic heterocycles. The number of carboxylic acids is 1. The molecule has 21 heavy (non-hydrogen) atoms. The Balaban J connectivity index is 2.52. The molecule has 0 aliphatic heterocycles. The summed E-state index contributed by atoms with van der Waals surface area (Å²) in [6.07, 6.45) is 5.08.